The van der Waals surface area contributed by atoms with E-state index in [1.165, 1.54) is 25.7 Å². The van der Waals surface area contributed by atoms with E-state index < -0.39 is 0 Å². The van der Waals surface area contributed by atoms with Crippen LogP contribution in [0.2, 0.25) is 0 Å². The summed E-state index contributed by atoms with van der Waals surface area (Å²) in [7, 11) is 0. The molecule has 2 unspecified atom stereocenters. The van der Waals surface area contributed by atoms with Gasteiger partial charge in [-0.1, -0.05) is 46.6 Å². The van der Waals surface area contributed by atoms with Gasteiger partial charge in [-0.15, -0.1) is 6.58 Å². The standard InChI is InChI=1S/C13H26/c1-6-7-12(4)8-9-13(5)10-11(2)3/h6,11-13H,1,7-10H2,2-5H3. The predicted octanol–water partition coefficient (Wildman–Crippen LogP) is 4.66. The molecule has 0 aromatic heterocycles. The fraction of sp³-hybridized carbons (Fsp3) is 0.846. The highest BCUT2D eigenvalue weighted by Gasteiger charge is 2.07. The van der Waals surface area contributed by atoms with Crippen LogP contribution in [0.15, 0.2) is 12.7 Å². The lowest BCUT2D eigenvalue weighted by Gasteiger charge is -2.16. The molecule has 2 atom stereocenters. The number of hydrogen-bond acceptors (Lipinski definition) is 0. The monoisotopic (exact) mass is 182 g/mol. The summed E-state index contributed by atoms with van der Waals surface area (Å²) in [5, 5.41) is 0. The predicted molar refractivity (Wildman–Crippen MR) is 61.8 cm³/mol. The molecule has 0 fully saturated rings. The van der Waals surface area contributed by atoms with Crippen molar-refractivity contribution in [3.63, 3.8) is 0 Å². The number of hydrogen-bond donors (Lipinski definition) is 0. The Hall–Kier alpha value is -0.260. The first-order valence-electron chi connectivity index (χ1n) is 5.67. The maximum atomic E-state index is 3.78. The Labute approximate surface area is 84.4 Å². The van der Waals surface area contributed by atoms with Gasteiger partial charge in [-0.3, -0.25) is 0 Å². The van der Waals surface area contributed by atoms with Crippen LogP contribution < -0.4 is 0 Å². The van der Waals surface area contributed by atoms with Crippen LogP contribution in [0.25, 0.3) is 0 Å². The van der Waals surface area contributed by atoms with Gasteiger partial charge in [0.1, 0.15) is 0 Å². The second-order valence-electron chi connectivity index (χ2n) is 4.94. The van der Waals surface area contributed by atoms with Gasteiger partial charge in [0.05, 0.1) is 0 Å². The summed E-state index contributed by atoms with van der Waals surface area (Å²) in [5.74, 6) is 2.57. The van der Waals surface area contributed by atoms with Gasteiger partial charge in [0.15, 0.2) is 0 Å². The van der Waals surface area contributed by atoms with E-state index in [2.05, 4.69) is 34.3 Å². The van der Waals surface area contributed by atoms with Crippen molar-refractivity contribution in [2.24, 2.45) is 17.8 Å². The molecule has 0 heteroatoms. The van der Waals surface area contributed by atoms with Gasteiger partial charge in [-0.05, 0) is 30.6 Å². The fourth-order valence-corrected chi connectivity index (χ4v) is 1.89. The minimum Gasteiger partial charge on any atom is -0.103 e. The molecule has 78 valence electrons. The Morgan fingerprint density at radius 2 is 1.54 bits per heavy atom. The van der Waals surface area contributed by atoms with E-state index in [0.29, 0.717) is 0 Å². The van der Waals surface area contributed by atoms with Crippen LogP contribution >= 0.6 is 0 Å². The van der Waals surface area contributed by atoms with E-state index in [-0.39, 0.29) is 0 Å². The number of rotatable bonds is 7. The van der Waals surface area contributed by atoms with Crippen LogP contribution in [-0.4, -0.2) is 0 Å². The van der Waals surface area contributed by atoms with E-state index in [1.54, 1.807) is 0 Å². The third-order valence-corrected chi connectivity index (χ3v) is 2.60. The van der Waals surface area contributed by atoms with E-state index in [9.17, 15) is 0 Å². The Kier molecular flexibility index (Phi) is 7.03. The molecule has 0 bridgehead atoms. The summed E-state index contributed by atoms with van der Waals surface area (Å²) in [6.45, 7) is 13.1. The van der Waals surface area contributed by atoms with Crippen molar-refractivity contribution in [2.45, 2.75) is 53.4 Å². The molecule has 0 saturated carbocycles. The van der Waals surface area contributed by atoms with Crippen LogP contribution in [0, 0.1) is 17.8 Å². The molecule has 0 aliphatic rings. The molecule has 0 spiro atoms. The third kappa shape index (κ3) is 8.08. The second kappa shape index (κ2) is 7.17. The maximum Gasteiger partial charge on any atom is -0.0328 e. The highest BCUT2D eigenvalue weighted by molar-refractivity contribution is 4.71. The van der Waals surface area contributed by atoms with E-state index in [4.69, 9.17) is 0 Å². The van der Waals surface area contributed by atoms with E-state index >= 15 is 0 Å². The molecule has 0 nitrogen and oxygen atoms in total. The molecule has 0 N–H and O–H groups in total. The summed E-state index contributed by atoms with van der Waals surface area (Å²) in [6.07, 6.45) is 7.33. The first-order valence-corrected chi connectivity index (χ1v) is 5.67. The molecule has 0 aliphatic carbocycles. The van der Waals surface area contributed by atoms with Crippen LogP contribution in [0.4, 0.5) is 0 Å². The van der Waals surface area contributed by atoms with Gasteiger partial charge >= 0.3 is 0 Å². The highest BCUT2D eigenvalue weighted by Crippen LogP contribution is 2.20. The molecule has 0 radical (unpaired) electrons. The van der Waals surface area contributed by atoms with Gasteiger partial charge < -0.3 is 0 Å². The molecule has 0 aromatic carbocycles. The summed E-state index contributed by atoms with van der Waals surface area (Å²) in [5.41, 5.74) is 0. The zero-order valence-electron chi connectivity index (χ0n) is 9.84. The Morgan fingerprint density at radius 3 is 2.00 bits per heavy atom. The number of allylic oxidation sites excluding steroid dienone is 1. The Morgan fingerprint density at radius 1 is 1.00 bits per heavy atom. The Balaban J connectivity index is 3.45. The quantitative estimate of drug-likeness (QED) is 0.502. The first kappa shape index (κ1) is 12.7. The topological polar surface area (TPSA) is 0 Å². The fourth-order valence-electron chi connectivity index (χ4n) is 1.89. The SMILES string of the molecule is C=CCC(C)CCC(C)CC(C)C. The zero-order valence-corrected chi connectivity index (χ0v) is 9.84. The third-order valence-electron chi connectivity index (χ3n) is 2.60. The van der Waals surface area contributed by atoms with E-state index in [0.717, 1.165) is 17.8 Å². The van der Waals surface area contributed by atoms with Crippen LogP contribution in [0.3, 0.4) is 0 Å². The lowest BCUT2D eigenvalue weighted by molar-refractivity contribution is 0.373. The van der Waals surface area contributed by atoms with Crippen LogP contribution in [-0.2, 0) is 0 Å². The molecule has 0 heterocycles. The van der Waals surface area contributed by atoms with Gasteiger partial charge in [-0.25, -0.2) is 0 Å². The minimum atomic E-state index is 0.826. The zero-order chi connectivity index (χ0) is 10.3. The van der Waals surface area contributed by atoms with Crippen molar-refractivity contribution in [1.82, 2.24) is 0 Å². The van der Waals surface area contributed by atoms with Crippen LogP contribution in [0.1, 0.15) is 53.4 Å². The largest absolute Gasteiger partial charge is 0.103 e. The lowest BCUT2D eigenvalue weighted by Crippen LogP contribution is -2.03. The van der Waals surface area contributed by atoms with Crippen LogP contribution in [0.5, 0.6) is 0 Å². The lowest BCUT2D eigenvalue weighted by atomic mass is 9.90. The molecule has 0 amide bonds. The average molecular weight is 182 g/mol. The van der Waals surface area contributed by atoms with Crippen molar-refractivity contribution in [3.8, 4) is 0 Å². The molecule has 0 aromatic rings. The smallest absolute Gasteiger partial charge is 0.0328 e. The highest BCUT2D eigenvalue weighted by atomic mass is 14.1. The van der Waals surface area contributed by atoms with Crippen molar-refractivity contribution < 1.29 is 0 Å². The molecule has 0 aliphatic heterocycles. The van der Waals surface area contributed by atoms with Gasteiger partial charge in [0.25, 0.3) is 0 Å². The maximum absolute atomic E-state index is 3.78. The van der Waals surface area contributed by atoms with Crippen molar-refractivity contribution in [1.29, 1.82) is 0 Å². The van der Waals surface area contributed by atoms with Gasteiger partial charge in [0, 0.05) is 0 Å². The summed E-state index contributed by atoms with van der Waals surface area (Å²) < 4.78 is 0. The second-order valence-corrected chi connectivity index (χ2v) is 4.94. The van der Waals surface area contributed by atoms with Gasteiger partial charge in [0.2, 0.25) is 0 Å². The average Bonchev–Trinajstić information content (AvgIpc) is 2.00. The van der Waals surface area contributed by atoms with Crippen molar-refractivity contribution in [2.75, 3.05) is 0 Å². The molecule has 0 rings (SSSR count). The summed E-state index contributed by atoms with van der Waals surface area (Å²) in [4.78, 5) is 0. The van der Waals surface area contributed by atoms with E-state index in [1.807, 2.05) is 6.08 Å². The Bertz CT molecular complexity index is 124. The summed E-state index contributed by atoms with van der Waals surface area (Å²) in [6, 6.07) is 0. The summed E-state index contributed by atoms with van der Waals surface area (Å²) >= 11 is 0. The van der Waals surface area contributed by atoms with Crippen molar-refractivity contribution in [3.05, 3.63) is 12.7 Å². The molecule has 13 heavy (non-hydrogen) atoms. The minimum absolute atomic E-state index is 0.826. The molecular formula is C13H26. The van der Waals surface area contributed by atoms with Gasteiger partial charge in [-0.2, -0.15) is 0 Å². The molecular weight excluding hydrogens is 156 g/mol. The first-order chi connectivity index (χ1) is 6.06. The molecule has 0 saturated heterocycles. The van der Waals surface area contributed by atoms with Crippen molar-refractivity contribution >= 4 is 0 Å². The normalized spacial score (nSPS) is 15.8.